The van der Waals surface area contributed by atoms with Gasteiger partial charge in [0, 0.05) is 32.7 Å². The fourth-order valence-corrected chi connectivity index (χ4v) is 1.66. The third-order valence-corrected chi connectivity index (χ3v) is 2.55. The summed E-state index contributed by atoms with van der Waals surface area (Å²) >= 11 is 0. The second-order valence-corrected chi connectivity index (χ2v) is 4.02. The van der Waals surface area contributed by atoms with E-state index in [1.54, 1.807) is 12.0 Å². The van der Waals surface area contributed by atoms with Gasteiger partial charge in [0.25, 0.3) is 0 Å². The van der Waals surface area contributed by atoms with Gasteiger partial charge in [0.2, 0.25) is 5.91 Å². The highest BCUT2D eigenvalue weighted by Crippen LogP contribution is 2.07. The van der Waals surface area contributed by atoms with Crippen LogP contribution in [0.25, 0.3) is 0 Å². The highest BCUT2D eigenvalue weighted by molar-refractivity contribution is 5.79. The van der Waals surface area contributed by atoms with E-state index in [0.29, 0.717) is 52.5 Å². The van der Waals surface area contributed by atoms with Gasteiger partial charge in [-0.3, -0.25) is 4.79 Å². The van der Waals surface area contributed by atoms with Crippen LogP contribution in [0.1, 0.15) is 6.42 Å². The number of likely N-dealkylation sites (tertiary alicyclic amines) is 1. The molecule has 6 nitrogen and oxygen atoms in total. The predicted molar refractivity (Wildman–Crippen MR) is 62.7 cm³/mol. The van der Waals surface area contributed by atoms with Gasteiger partial charge in [0.05, 0.1) is 33.0 Å². The SMILES string of the molecule is COCCOCCOCCN1CC(N)CC1=O. The maximum Gasteiger partial charge on any atom is 0.224 e. The average molecular weight is 246 g/mol. The van der Waals surface area contributed by atoms with Gasteiger partial charge in [-0.2, -0.15) is 0 Å². The van der Waals surface area contributed by atoms with Crippen LogP contribution >= 0.6 is 0 Å². The third-order valence-electron chi connectivity index (χ3n) is 2.55. The Kier molecular flexibility index (Phi) is 7.11. The molecule has 1 fully saturated rings. The second-order valence-electron chi connectivity index (χ2n) is 4.02. The molecule has 1 amide bonds. The molecule has 0 bridgehead atoms. The van der Waals surface area contributed by atoms with Gasteiger partial charge >= 0.3 is 0 Å². The summed E-state index contributed by atoms with van der Waals surface area (Å²) < 4.78 is 15.4. The first-order chi connectivity index (χ1) is 8.24. The van der Waals surface area contributed by atoms with Crippen molar-refractivity contribution in [3.8, 4) is 0 Å². The number of nitrogens with two attached hydrogens (primary N) is 1. The lowest BCUT2D eigenvalue weighted by molar-refractivity contribution is -0.128. The smallest absolute Gasteiger partial charge is 0.224 e. The van der Waals surface area contributed by atoms with E-state index in [1.807, 2.05) is 0 Å². The van der Waals surface area contributed by atoms with Crippen LogP contribution in [0.3, 0.4) is 0 Å². The fourth-order valence-electron chi connectivity index (χ4n) is 1.66. The summed E-state index contributed by atoms with van der Waals surface area (Å²) in [7, 11) is 1.64. The number of hydrogen-bond acceptors (Lipinski definition) is 5. The molecule has 0 aromatic heterocycles. The van der Waals surface area contributed by atoms with Gasteiger partial charge in [-0.15, -0.1) is 0 Å². The molecule has 0 spiro atoms. The standard InChI is InChI=1S/C11H22N2O4/c1-15-4-5-17-7-6-16-3-2-13-9-10(12)8-11(13)14/h10H,2-9,12H2,1H3. The molecule has 0 aromatic carbocycles. The maximum absolute atomic E-state index is 11.4. The summed E-state index contributed by atoms with van der Waals surface area (Å²) in [4.78, 5) is 13.1. The molecule has 1 rings (SSSR count). The number of rotatable bonds is 9. The summed E-state index contributed by atoms with van der Waals surface area (Å²) in [5.41, 5.74) is 5.68. The Bertz CT molecular complexity index is 226. The highest BCUT2D eigenvalue weighted by atomic mass is 16.5. The summed E-state index contributed by atoms with van der Waals surface area (Å²) in [6.07, 6.45) is 0.458. The number of carbonyl (C=O) groups is 1. The van der Waals surface area contributed by atoms with Crippen molar-refractivity contribution in [1.82, 2.24) is 4.90 Å². The molecule has 0 aromatic rings. The Morgan fingerprint density at radius 2 is 1.88 bits per heavy atom. The Morgan fingerprint density at radius 1 is 1.24 bits per heavy atom. The van der Waals surface area contributed by atoms with Crippen molar-refractivity contribution in [1.29, 1.82) is 0 Å². The van der Waals surface area contributed by atoms with E-state index >= 15 is 0 Å². The maximum atomic E-state index is 11.4. The number of nitrogens with zero attached hydrogens (tertiary/aromatic N) is 1. The molecule has 0 saturated carbocycles. The lowest BCUT2D eigenvalue weighted by Gasteiger charge is -2.15. The van der Waals surface area contributed by atoms with Crippen molar-refractivity contribution >= 4 is 5.91 Å². The number of amides is 1. The summed E-state index contributed by atoms with van der Waals surface area (Å²) in [5.74, 6) is 0.123. The van der Waals surface area contributed by atoms with Crippen LogP contribution in [-0.4, -0.2) is 70.1 Å². The van der Waals surface area contributed by atoms with Gasteiger partial charge in [0.1, 0.15) is 0 Å². The number of hydrogen-bond donors (Lipinski definition) is 1. The quantitative estimate of drug-likeness (QED) is 0.541. The van der Waals surface area contributed by atoms with Crippen molar-refractivity contribution in [3.63, 3.8) is 0 Å². The minimum atomic E-state index is -0.0140. The second kappa shape index (κ2) is 8.41. The van der Waals surface area contributed by atoms with Crippen LogP contribution < -0.4 is 5.73 Å². The van der Waals surface area contributed by atoms with E-state index in [4.69, 9.17) is 19.9 Å². The lowest BCUT2D eigenvalue weighted by Crippen LogP contribution is -2.31. The van der Waals surface area contributed by atoms with Gasteiger partial charge in [-0.05, 0) is 0 Å². The molecule has 1 aliphatic heterocycles. The normalized spacial score (nSPS) is 20.2. The summed E-state index contributed by atoms with van der Waals surface area (Å²) in [6.45, 7) is 4.07. The van der Waals surface area contributed by atoms with E-state index in [-0.39, 0.29) is 11.9 Å². The fraction of sp³-hybridized carbons (Fsp3) is 0.909. The molecule has 1 atom stereocenters. The Hall–Kier alpha value is -0.690. The zero-order valence-corrected chi connectivity index (χ0v) is 10.4. The molecule has 2 N–H and O–H groups in total. The van der Waals surface area contributed by atoms with Gasteiger partial charge < -0.3 is 24.8 Å². The molecule has 1 saturated heterocycles. The van der Waals surface area contributed by atoms with E-state index in [1.165, 1.54) is 0 Å². The Labute approximate surface area is 102 Å². The van der Waals surface area contributed by atoms with Crippen LogP contribution in [0.15, 0.2) is 0 Å². The first kappa shape index (κ1) is 14.4. The molecule has 0 radical (unpaired) electrons. The molecule has 1 aliphatic rings. The zero-order valence-electron chi connectivity index (χ0n) is 10.4. The van der Waals surface area contributed by atoms with Crippen molar-refractivity contribution in [2.75, 3.05) is 53.2 Å². The molecular weight excluding hydrogens is 224 g/mol. The third kappa shape index (κ3) is 5.97. The average Bonchev–Trinajstić information content (AvgIpc) is 2.61. The Morgan fingerprint density at radius 3 is 2.47 bits per heavy atom. The van der Waals surface area contributed by atoms with E-state index in [0.717, 1.165) is 0 Å². The van der Waals surface area contributed by atoms with E-state index in [2.05, 4.69) is 0 Å². The number of methoxy groups -OCH3 is 1. The van der Waals surface area contributed by atoms with Crippen LogP contribution in [0, 0.1) is 0 Å². The van der Waals surface area contributed by atoms with Crippen molar-refractivity contribution in [2.24, 2.45) is 5.73 Å². The lowest BCUT2D eigenvalue weighted by atomic mass is 10.3. The minimum absolute atomic E-state index is 0.0140. The molecule has 1 heterocycles. The first-order valence-electron chi connectivity index (χ1n) is 5.92. The zero-order chi connectivity index (χ0) is 12.5. The van der Waals surface area contributed by atoms with Gasteiger partial charge in [-0.25, -0.2) is 0 Å². The topological polar surface area (TPSA) is 74.0 Å². The van der Waals surface area contributed by atoms with E-state index in [9.17, 15) is 4.79 Å². The van der Waals surface area contributed by atoms with Crippen molar-refractivity contribution in [2.45, 2.75) is 12.5 Å². The molecule has 6 heteroatoms. The van der Waals surface area contributed by atoms with Gasteiger partial charge in [0.15, 0.2) is 0 Å². The summed E-state index contributed by atoms with van der Waals surface area (Å²) in [6, 6.07) is -0.0140. The largest absolute Gasteiger partial charge is 0.382 e. The molecular formula is C11H22N2O4. The van der Waals surface area contributed by atoms with Gasteiger partial charge in [-0.1, -0.05) is 0 Å². The minimum Gasteiger partial charge on any atom is -0.382 e. The number of carbonyl (C=O) groups excluding carboxylic acids is 1. The highest BCUT2D eigenvalue weighted by Gasteiger charge is 2.25. The van der Waals surface area contributed by atoms with Crippen LogP contribution in [0.2, 0.25) is 0 Å². The monoisotopic (exact) mass is 246 g/mol. The number of ether oxygens (including phenoxy) is 3. The first-order valence-corrected chi connectivity index (χ1v) is 5.92. The van der Waals surface area contributed by atoms with Crippen LogP contribution in [0.4, 0.5) is 0 Å². The molecule has 100 valence electrons. The van der Waals surface area contributed by atoms with Crippen molar-refractivity contribution in [3.05, 3.63) is 0 Å². The van der Waals surface area contributed by atoms with Crippen LogP contribution in [-0.2, 0) is 19.0 Å². The summed E-state index contributed by atoms with van der Waals surface area (Å²) in [5, 5.41) is 0. The van der Waals surface area contributed by atoms with Crippen molar-refractivity contribution < 1.29 is 19.0 Å². The predicted octanol–water partition coefficient (Wildman–Crippen LogP) is -0.774. The molecule has 17 heavy (non-hydrogen) atoms. The Balaban J connectivity index is 1.89. The van der Waals surface area contributed by atoms with Crippen LogP contribution in [0.5, 0.6) is 0 Å². The van der Waals surface area contributed by atoms with E-state index < -0.39 is 0 Å². The molecule has 1 unspecified atom stereocenters. The molecule has 0 aliphatic carbocycles.